The molecule has 0 aliphatic carbocycles. The number of nitrogens with one attached hydrogen (secondary N) is 2. The number of rotatable bonds is 56. The van der Waals surface area contributed by atoms with Gasteiger partial charge in [-0.1, -0.05) is 192 Å². The highest BCUT2D eigenvalue weighted by Gasteiger charge is 2.53. The maximum absolute atomic E-state index is 14.7. The van der Waals surface area contributed by atoms with E-state index < -0.39 is 87.0 Å². The summed E-state index contributed by atoms with van der Waals surface area (Å²) in [6.07, 6.45) is 37.9. The first kappa shape index (κ1) is 88.2. The van der Waals surface area contributed by atoms with Gasteiger partial charge in [0.05, 0.1) is 63.8 Å². The van der Waals surface area contributed by atoms with Gasteiger partial charge in [0.15, 0.2) is 12.1 Å². The number of amides is 2. The van der Waals surface area contributed by atoms with Gasteiger partial charge in [-0.25, -0.2) is 4.57 Å². The van der Waals surface area contributed by atoms with Crippen LogP contribution in [0.1, 0.15) is 234 Å². The smallest absolute Gasteiger partial charge is 0.471 e. The molecule has 2 rings (SSSR count). The zero-order valence-corrected chi connectivity index (χ0v) is 61.4. The van der Waals surface area contributed by atoms with Crippen LogP contribution in [0.5, 0.6) is 0 Å². The molecule has 544 valence electrons. The molecule has 0 aromatic heterocycles. The molecule has 0 aromatic carbocycles. The molecule has 0 radical (unpaired) electrons. The standard InChI is InChI=1S/C80H119N2O15P/c1-11-18-22-26-29-32-34-36-37-39-41-43-45-49-53-57-72(84)81-75-78(90-63-58-69(88-10)56-52-47-25-21-14-4)77(97-98(86,93-60-16-6)94-61-17-7)71(65-87-9)96-80(75)92-66-70-67(8)76(89-62-54-50-46-31-28-24-20-13-3)74(79(95-70)91-59-15-5)82-73(85)64-68(83)55-51-48-44-42-40-38-35-33-30-27-23-19-12-2/h2,15-17,32,34,59,67,69-71,74-80H,6-7,11,13-14,18,20-22,24-26,28-29,31,36-37,39,41,43,45-47,49-50,52-58,60-66H2,1,3-5,8-10H3,(H,81,84)(H,82,85)/b34-32-,59-15-/t67-,69-,70-,71-,74?,75-,76+,77-,78-,79+,80-/m1/s1. The van der Waals surface area contributed by atoms with Crippen LogP contribution in [0.2, 0.25) is 0 Å². The van der Waals surface area contributed by atoms with Crippen molar-refractivity contribution in [3.63, 3.8) is 0 Å². The Morgan fingerprint density at radius 2 is 1.08 bits per heavy atom. The average Bonchev–Trinajstić information content (AvgIpc) is 0.785. The number of hydrogen-bond donors (Lipinski definition) is 2. The van der Waals surface area contributed by atoms with Crippen LogP contribution in [-0.4, -0.2) is 133 Å². The monoisotopic (exact) mass is 1380 g/mol. The SMILES string of the molecule is C#CC#CC#CC#CC#CC#CC#CCC(=O)CC(=O)NC1[C@@H](O/C=C\C)O[C@H](CO[C@@H]2O[C@H](COC)[C@@H](OP(=O)(OCC=C)OCC=C)[C@H](OCC[C@@H](CCCCCCC)OC)[C@H]2NC(=O)CCCCCCCCC/C=C\CCCCCC)[C@@H](C)[C@@H]1OCCCCCCCCCC. The van der Waals surface area contributed by atoms with Crippen molar-refractivity contribution in [2.75, 3.05) is 53.9 Å². The summed E-state index contributed by atoms with van der Waals surface area (Å²) < 4.78 is 84.9. The zero-order chi connectivity index (χ0) is 71.4. The molecule has 18 heteroatoms. The van der Waals surface area contributed by atoms with Crippen LogP contribution >= 0.6 is 7.82 Å². The normalized spacial score (nSPS) is 20.6. The number of unbranched alkanes of at least 4 members (excludes halogenated alkanes) is 22. The molecule has 2 aliphatic heterocycles. The highest BCUT2D eigenvalue weighted by atomic mass is 31.2. The summed E-state index contributed by atoms with van der Waals surface area (Å²) in [7, 11) is -1.23. The number of phosphoric acid groups is 1. The summed E-state index contributed by atoms with van der Waals surface area (Å²) in [5.74, 6) is 30.6. The average molecular weight is 1380 g/mol. The van der Waals surface area contributed by atoms with E-state index in [1.807, 2.05) is 6.92 Å². The Balaban J connectivity index is 2.60. The number of ketones is 1. The van der Waals surface area contributed by atoms with Crippen LogP contribution in [0.15, 0.2) is 49.8 Å². The van der Waals surface area contributed by atoms with Gasteiger partial charge in [-0.15, -0.1) is 19.6 Å². The second kappa shape index (κ2) is 59.9. The lowest BCUT2D eigenvalue weighted by molar-refractivity contribution is -0.297. The van der Waals surface area contributed by atoms with E-state index >= 15 is 0 Å². The topological polar surface area (TPSA) is 194 Å². The quantitative estimate of drug-likeness (QED) is 0.0146. The fraction of sp³-hybridized carbons (Fsp3) is 0.688. The lowest BCUT2D eigenvalue weighted by atomic mass is 9.88. The molecule has 0 saturated carbocycles. The number of ether oxygens (including phenoxy) is 8. The van der Waals surface area contributed by atoms with Crippen molar-refractivity contribution in [3.8, 4) is 83.4 Å². The third-order valence-corrected chi connectivity index (χ3v) is 18.0. The van der Waals surface area contributed by atoms with Crippen molar-refractivity contribution in [2.24, 2.45) is 5.92 Å². The molecule has 2 saturated heterocycles. The largest absolute Gasteiger partial charge is 0.475 e. The third kappa shape index (κ3) is 41.6. The highest BCUT2D eigenvalue weighted by Crippen LogP contribution is 2.52. The van der Waals surface area contributed by atoms with Crippen molar-refractivity contribution < 1.29 is 70.4 Å². The first-order valence-corrected chi connectivity index (χ1v) is 37.8. The first-order valence-electron chi connectivity index (χ1n) is 36.3. The molecule has 0 aromatic rings. The number of carbonyl (C=O) groups is 3. The number of allylic oxidation sites excluding steroid dienone is 3. The minimum absolute atomic E-state index is 0.0915. The second-order valence-electron chi connectivity index (χ2n) is 24.6. The van der Waals surface area contributed by atoms with Crippen molar-refractivity contribution in [1.82, 2.24) is 10.6 Å². The van der Waals surface area contributed by atoms with E-state index in [4.69, 9.17) is 57.9 Å². The van der Waals surface area contributed by atoms with E-state index in [9.17, 15) is 18.9 Å². The van der Waals surface area contributed by atoms with Crippen LogP contribution in [0, 0.1) is 89.3 Å². The molecular formula is C80H119N2O15P. The molecular weight excluding hydrogens is 1260 g/mol. The van der Waals surface area contributed by atoms with E-state index in [-0.39, 0.29) is 57.9 Å². The molecule has 2 N–H and O–H groups in total. The second-order valence-corrected chi connectivity index (χ2v) is 26.3. The Kier molecular flexibility index (Phi) is 53.9. The molecule has 2 amide bonds. The summed E-state index contributed by atoms with van der Waals surface area (Å²) >= 11 is 0. The fourth-order valence-corrected chi connectivity index (χ4v) is 12.6. The summed E-state index contributed by atoms with van der Waals surface area (Å²) in [4.78, 5) is 41.6. The van der Waals surface area contributed by atoms with E-state index in [0.29, 0.717) is 19.4 Å². The molecule has 2 heterocycles. The number of Topliss-reactive ketones (excluding diaryl/α,β-unsaturated/α-hetero) is 1. The van der Waals surface area contributed by atoms with Crippen LogP contribution in [-0.2, 0) is 70.4 Å². The van der Waals surface area contributed by atoms with E-state index in [1.165, 1.54) is 96.2 Å². The van der Waals surface area contributed by atoms with Crippen molar-refractivity contribution >= 4 is 25.4 Å². The van der Waals surface area contributed by atoms with Gasteiger partial charge in [0, 0.05) is 39.8 Å². The zero-order valence-electron chi connectivity index (χ0n) is 60.5. The summed E-state index contributed by atoms with van der Waals surface area (Å²) in [6, 6.07) is -1.97. The van der Waals surface area contributed by atoms with Gasteiger partial charge in [0.25, 0.3) is 0 Å². The van der Waals surface area contributed by atoms with E-state index in [2.05, 4.69) is 134 Å². The van der Waals surface area contributed by atoms with Crippen LogP contribution < -0.4 is 10.6 Å². The summed E-state index contributed by atoms with van der Waals surface area (Å²) in [5, 5.41) is 6.26. The number of hydrogen-bond acceptors (Lipinski definition) is 15. The van der Waals surface area contributed by atoms with Crippen molar-refractivity contribution in [1.29, 1.82) is 0 Å². The fourth-order valence-electron chi connectivity index (χ4n) is 11.2. The highest BCUT2D eigenvalue weighted by molar-refractivity contribution is 7.48. The molecule has 2 aliphatic rings. The minimum atomic E-state index is -4.43. The van der Waals surface area contributed by atoms with Crippen LogP contribution in [0.3, 0.4) is 0 Å². The number of carbonyl (C=O) groups excluding carboxylic acids is 3. The predicted octanol–water partition coefficient (Wildman–Crippen LogP) is 14.9. The van der Waals surface area contributed by atoms with Crippen LogP contribution in [0.4, 0.5) is 0 Å². The maximum atomic E-state index is 14.7. The molecule has 17 nitrogen and oxygen atoms in total. The van der Waals surface area contributed by atoms with Gasteiger partial charge >= 0.3 is 7.82 Å². The number of methoxy groups -OCH3 is 2. The molecule has 0 spiro atoms. The van der Waals surface area contributed by atoms with E-state index in [0.717, 1.165) is 96.3 Å². The van der Waals surface area contributed by atoms with Gasteiger partial charge in [-0.3, -0.25) is 28.0 Å². The van der Waals surface area contributed by atoms with Gasteiger partial charge in [0.1, 0.15) is 30.4 Å². The Morgan fingerprint density at radius 3 is 1.65 bits per heavy atom. The Bertz CT molecular complexity index is 2760. The lowest BCUT2D eigenvalue weighted by Crippen LogP contribution is -2.67. The molecule has 11 atom stereocenters. The molecule has 0 bridgehead atoms. The minimum Gasteiger partial charge on any atom is -0.471 e. The molecule has 2 fully saturated rings. The summed E-state index contributed by atoms with van der Waals surface area (Å²) in [6.45, 7) is 17.8. The van der Waals surface area contributed by atoms with Gasteiger partial charge in [-0.05, 0) is 129 Å². The first-order chi connectivity index (χ1) is 47.9. The van der Waals surface area contributed by atoms with Gasteiger partial charge in [-0.2, -0.15) is 0 Å². The number of terminal acetylenes is 1. The van der Waals surface area contributed by atoms with E-state index in [1.54, 1.807) is 20.1 Å². The van der Waals surface area contributed by atoms with Crippen molar-refractivity contribution in [2.45, 2.75) is 295 Å². The van der Waals surface area contributed by atoms with Crippen molar-refractivity contribution in [3.05, 3.63) is 49.8 Å². The number of phosphoric ester groups is 1. The Hall–Kier alpha value is -5.88. The maximum Gasteiger partial charge on any atom is 0.475 e. The molecule has 1 unspecified atom stereocenters. The Labute approximate surface area is 591 Å². The predicted molar refractivity (Wildman–Crippen MR) is 389 cm³/mol. The van der Waals surface area contributed by atoms with Crippen LogP contribution in [0.25, 0.3) is 0 Å². The third-order valence-electron chi connectivity index (χ3n) is 16.5. The summed E-state index contributed by atoms with van der Waals surface area (Å²) in [5.41, 5.74) is 0. The molecule has 98 heavy (non-hydrogen) atoms. The van der Waals surface area contributed by atoms with Gasteiger partial charge < -0.3 is 48.5 Å². The lowest BCUT2D eigenvalue weighted by Gasteiger charge is -2.48. The van der Waals surface area contributed by atoms with Gasteiger partial charge in [0.2, 0.25) is 18.1 Å². The Morgan fingerprint density at radius 1 is 0.571 bits per heavy atom.